The van der Waals surface area contributed by atoms with Gasteiger partial charge in [0.25, 0.3) is 11.8 Å². The fourth-order valence-corrected chi connectivity index (χ4v) is 2.51. The molecule has 0 radical (unpaired) electrons. The van der Waals surface area contributed by atoms with Crippen molar-refractivity contribution in [3.05, 3.63) is 34.5 Å². The van der Waals surface area contributed by atoms with Crippen LogP contribution in [0.5, 0.6) is 0 Å². The molecule has 1 aromatic heterocycles. The van der Waals surface area contributed by atoms with Crippen LogP contribution in [0, 0.1) is 5.92 Å². The highest BCUT2D eigenvalue weighted by Crippen LogP contribution is 2.19. The summed E-state index contributed by atoms with van der Waals surface area (Å²) in [6, 6.07) is 3.34. The quantitative estimate of drug-likeness (QED) is 0.680. The summed E-state index contributed by atoms with van der Waals surface area (Å²) in [7, 11) is 0. The first-order valence-electron chi connectivity index (χ1n) is 6.36. The molecule has 0 unspecified atom stereocenters. The molecule has 106 valence electrons. The molecule has 5 nitrogen and oxygen atoms in total. The second-order valence-corrected chi connectivity index (χ2v) is 5.39. The molecule has 1 aliphatic carbocycles. The Morgan fingerprint density at radius 1 is 1.35 bits per heavy atom. The van der Waals surface area contributed by atoms with E-state index in [9.17, 15) is 14.4 Å². The summed E-state index contributed by atoms with van der Waals surface area (Å²) in [5.74, 6) is -1.64. The first-order chi connectivity index (χ1) is 9.66. The highest BCUT2D eigenvalue weighted by molar-refractivity contribution is 7.12. The number of esters is 1. The van der Waals surface area contributed by atoms with Gasteiger partial charge in [0.2, 0.25) is 0 Å². The fourth-order valence-electron chi connectivity index (χ4n) is 1.89. The van der Waals surface area contributed by atoms with E-state index in [2.05, 4.69) is 5.32 Å². The average Bonchev–Trinajstić information content (AvgIpc) is 3.00. The number of rotatable bonds is 4. The van der Waals surface area contributed by atoms with Crippen LogP contribution in [0.25, 0.3) is 0 Å². The van der Waals surface area contributed by atoms with E-state index in [1.807, 2.05) is 12.2 Å². The second kappa shape index (κ2) is 7.00. The summed E-state index contributed by atoms with van der Waals surface area (Å²) in [6.07, 6.45) is 6.20. The van der Waals surface area contributed by atoms with Crippen molar-refractivity contribution in [1.29, 1.82) is 0 Å². The van der Waals surface area contributed by atoms with Crippen LogP contribution in [0.15, 0.2) is 29.7 Å². The van der Waals surface area contributed by atoms with Crippen molar-refractivity contribution in [1.82, 2.24) is 5.32 Å². The molecule has 0 aromatic carbocycles. The maximum atomic E-state index is 11.7. The lowest BCUT2D eigenvalue weighted by Gasteiger charge is -2.15. The minimum Gasteiger partial charge on any atom is -0.455 e. The molecule has 1 atom stereocenters. The number of carbonyl (C=O) groups excluding carboxylic acids is 3. The highest BCUT2D eigenvalue weighted by atomic mass is 32.1. The predicted octanol–water partition coefficient (Wildman–Crippen LogP) is 1.90. The number of imide groups is 1. The Kier molecular flexibility index (Phi) is 5.06. The smallest absolute Gasteiger partial charge is 0.309 e. The van der Waals surface area contributed by atoms with Crippen molar-refractivity contribution in [2.45, 2.75) is 19.3 Å². The van der Waals surface area contributed by atoms with Gasteiger partial charge in [0.05, 0.1) is 10.8 Å². The maximum Gasteiger partial charge on any atom is 0.309 e. The number of carbonyl (C=O) groups is 3. The molecule has 0 aliphatic heterocycles. The normalized spacial score (nSPS) is 17.5. The first kappa shape index (κ1) is 14.5. The van der Waals surface area contributed by atoms with Crippen molar-refractivity contribution in [3.8, 4) is 0 Å². The van der Waals surface area contributed by atoms with Crippen LogP contribution in [0.1, 0.15) is 28.9 Å². The van der Waals surface area contributed by atoms with Gasteiger partial charge in [-0.2, -0.15) is 0 Å². The van der Waals surface area contributed by atoms with Crippen LogP contribution in [0.2, 0.25) is 0 Å². The standard InChI is InChI=1S/C14H15NO4S/c16-12(15-13(17)11-7-4-8-20-11)9-19-14(18)10-5-2-1-3-6-10/h1-2,4,7-8,10H,3,5-6,9H2,(H,15,16,17)/t10-/m1/s1. The highest BCUT2D eigenvalue weighted by Gasteiger charge is 2.21. The number of amides is 2. The zero-order valence-electron chi connectivity index (χ0n) is 10.8. The Labute approximate surface area is 120 Å². The van der Waals surface area contributed by atoms with Crippen molar-refractivity contribution >= 4 is 29.1 Å². The molecular formula is C14H15NO4S. The molecule has 20 heavy (non-hydrogen) atoms. The molecular weight excluding hydrogens is 278 g/mol. The minimum absolute atomic E-state index is 0.180. The Bertz CT molecular complexity index is 521. The molecule has 0 saturated heterocycles. The lowest BCUT2D eigenvalue weighted by Crippen LogP contribution is -2.34. The summed E-state index contributed by atoms with van der Waals surface area (Å²) in [4.78, 5) is 35.3. The summed E-state index contributed by atoms with van der Waals surface area (Å²) in [6.45, 7) is -0.420. The van der Waals surface area contributed by atoms with E-state index in [-0.39, 0.29) is 11.9 Å². The van der Waals surface area contributed by atoms with Crippen LogP contribution in [-0.2, 0) is 14.3 Å². The molecule has 2 amide bonds. The molecule has 1 N–H and O–H groups in total. The van der Waals surface area contributed by atoms with Gasteiger partial charge in [-0.25, -0.2) is 0 Å². The number of nitrogens with one attached hydrogen (secondary N) is 1. The number of hydrogen-bond donors (Lipinski definition) is 1. The average molecular weight is 293 g/mol. The maximum absolute atomic E-state index is 11.7. The minimum atomic E-state index is -0.608. The van der Waals surface area contributed by atoms with Gasteiger partial charge in [0.15, 0.2) is 6.61 Å². The van der Waals surface area contributed by atoms with Crippen LogP contribution >= 0.6 is 11.3 Å². The van der Waals surface area contributed by atoms with Crippen molar-refractivity contribution < 1.29 is 19.1 Å². The summed E-state index contributed by atoms with van der Waals surface area (Å²) in [5, 5.41) is 3.93. The molecule has 0 spiro atoms. The number of ether oxygens (including phenoxy) is 1. The number of hydrogen-bond acceptors (Lipinski definition) is 5. The third-order valence-corrected chi connectivity index (χ3v) is 3.81. The van der Waals surface area contributed by atoms with E-state index in [1.54, 1.807) is 17.5 Å². The topological polar surface area (TPSA) is 72.5 Å². The van der Waals surface area contributed by atoms with Gasteiger partial charge >= 0.3 is 5.97 Å². The zero-order valence-corrected chi connectivity index (χ0v) is 11.7. The fraction of sp³-hybridized carbons (Fsp3) is 0.357. The van der Waals surface area contributed by atoms with Gasteiger partial charge in [-0.15, -0.1) is 11.3 Å². The third kappa shape index (κ3) is 4.03. The Morgan fingerprint density at radius 3 is 2.85 bits per heavy atom. The van der Waals surface area contributed by atoms with Crippen LogP contribution in [0.4, 0.5) is 0 Å². The molecule has 6 heteroatoms. The van der Waals surface area contributed by atoms with Gasteiger partial charge in [0.1, 0.15) is 0 Å². The molecule has 0 bridgehead atoms. The molecule has 1 heterocycles. The lowest BCUT2D eigenvalue weighted by atomic mass is 9.95. The van der Waals surface area contributed by atoms with E-state index in [0.717, 1.165) is 12.8 Å². The SMILES string of the molecule is O=C(COC(=O)[C@@H]1CC=CCC1)NC(=O)c1cccs1. The molecule has 0 saturated carbocycles. The monoisotopic (exact) mass is 293 g/mol. The van der Waals surface area contributed by atoms with Crippen molar-refractivity contribution in [2.24, 2.45) is 5.92 Å². The van der Waals surface area contributed by atoms with Crippen LogP contribution in [0.3, 0.4) is 0 Å². The van der Waals surface area contributed by atoms with E-state index >= 15 is 0 Å². The van der Waals surface area contributed by atoms with Gasteiger partial charge < -0.3 is 4.74 Å². The molecule has 2 rings (SSSR count). The molecule has 0 fully saturated rings. The van der Waals surface area contributed by atoms with Gasteiger partial charge in [-0.1, -0.05) is 18.2 Å². The van der Waals surface area contributed by atoms with Gasteiger partial charge in [-0.05, 0) is 30.7 Å². The van der Waals surface area contributed by atoms with Gasteiger partial charge in [-0.3, -0.25) is 19.7 Å². The van der Waals surface area contributed by atoms with Crippen LogP contribution in [-0.4, -0.2) is 24.4 Å². The summed E-state index contributed by atoms with van der Waals surface area (Å²) >= 11 is 1.24. The van der Waals surface area contributed by atoms with Crippen molar-refractivity contribution in [3.63, 3.8) is 0 Å². The zero-order chi connectivity index (χ0) is 14.4. The Hall–Kier alpha value is -1.95. The third-order valence-electron chi connectivity index (χ3n) is 2.95. The van der Waals surface area contributed by atoms with E-state index < -0.39 is 18.4 Å². The first-order valence-corrected chi connectivity index (χ1v) is 7.24. The largest absolute Gasteiger partial charge is 0.455 e. The van der Waals surface area contributed by atoms with E-state index in [4.69, 9.17) is 4.74 Å². The van der Waals surface area contributed by atoms with Crippen LogP contribution < -0.4 is 5.32 Å². The second-order valence-electron chi connectivity index (χ2n) is 4.44. The number of thiophene rings is 1. The Balaban J connectivity index is 1.73. The summed E-state index contributed by atoms with van der Waals surface area (Å²) in [5.41, 5.74) is 0. The van der Waals surface area contributed by atoms with Crippen molar-refractivity contribution in [2.75, 3.05) is 6.61 Å². The number of allylic oxidation sites excluding steroid dienone is 2. The molecule has 1 aliphatic rings. The van der Waals surface area contributed by atoms with E-state index in [0.29, 0.717) is 11.3 Å². The Morgan fingerprint density at radius 2 is 2.20 bits per heavy atom. The molecule has 1 aromatic rings. The predicted molar refractivity (Wildman–Crippen MR) is 74.2 cm³/mol. The van der Waals surface area contributed by atoms with Gasteiger partial charge in [0, 0.05) is 0 Å². The lowest BCUT2D eigenvalue weighted by molar-refractivity contribution is -0.152. The van der Waals surface area contributed by atoms with E-state index in [1.165, 1.54) is 11.3 Å². The summed E-state index contributed by atoms with van der Waals surface area (Å²) < 4.78 is 4.93.